The van der Waals surface area contributed by atoms with Gasteiger partial charge in [0, 0.05) is 29.4 Å². The highest BCUT2D eigenvalue weighted by molar-refractivity contribution is 8.13. The largest absolute Gasteiger partial charge is 0.462 e. The topological polar surface area (TPSA) is 120 Å². The summed E-state index contributed by atoms with van der Waals surface area (Å²) >= 11 is 1.50. The van der Waals surface area contributed by atoms with E-state index in [1.54, 1.807) is 13.0 Å². The maximum atomic E-state index is 14.9. The van der Waals surface area contributed by atoms with Crippen LogP contribution in [0.3, 0.4) is 0 Å². The van der Waals surface area contributed by atoms with Crippen LogP contribution in [0.5, 0.6) is 0 Å². The Hall–Kier alpha value is -3.01. The summed E-state index contributed by atoms with van der Waals surface area (Å²) in [5, 5.41) is 3.16. The van der Waals surface area contributed by atoms with E-state index in [1.807, 2.05) is 0 Å². The van der Waals surface area contributed by atoms with Crippen LogP contribution in [0.2, 0.25) is 0 Å². The first-order valence-electron chi connectivity index (χ1n) is 10.0. The standard InChI is InChI=1S/C21H22FN5O3S/c1-2-30-19(29)12-9-24-17(25-10-12)18(28)26-14-5-6-16(22)15(8-14)21-7-3-4-13(21)11-31-20(23)27-21/h5-6,8-10,13H,2-4,7,11H2,1H3,(H2,23,27)(H,26,28)/t13-,21-/m0/s1. The Morgan fingerprint density at radius 1 is 1.35 bits per heavy atom. The molecule has 10 heteroatoms. The van der Waals surface area contributed by atoms with Crippen LogP contribution < -0.4 is 11.1 Å². The van der Waals surface area contributed by atoms with E-state index >= 15 is 0 Å². The van der Waals surface area contributed by atoms with Crippen LogP contribution in [0.4, 0.5) is 10.1 Å². The summed E-state index contributed by atoms with van der Waals surface area (Å²) in [6.07, 6.45) is 5.08. The number of aromatic nitrogens is 2. The molecule has 8 nitrogen and oxygen atoms in total. The second-order valence-corrected chi connectivity index (χ2v) is 8.48. The van der Waals surface area contributed by atoms with E-state index in [0.29, 0.717) is 22.8 Å². The van der Waals surface area contributed by atoms with E-state index in [1.165, 1.54) is 36.3 Å². The Kier molecular flexibility index (Phi) is 5.90. The van der Waals surface area contributed by atoms with E-state index in [4.69, 9.17) is 10.5 Å². The van der Waals surface area contributed by atoms with Gasteiger partial charge in [-0.3, -0.25) is 9.79 Å². The molecule has 1 aliphatic carbocycles. The van der Waals surface area contributed by atoms with Gasteiger partial charge in [0.1, 0.15) is 5.82 Å². The van der Waals surface area contributed by atoms with Crippen molar-refractivity contribution in [2.75, 3.05) is 17.7 Å². The summed E-state index contributed by atoms with van der Waals surface area (Å²) in [4.78, 5) is 36.8. The van der Waals surface area contributed by atoms with Crippen molar-refractivity contribution >= 4 is 34.5 Å². The zero-order valence-electron chi connectivity index (χ0n) is 16.9. The van der Waals surface area contributed by atoms with Gasteiger partial charge in [0.05, 0.1) is 17.7 Å². The molecule has 2 aliphatic rings. The second-order valence-electron chi connectivity index (χ2n) is 7.44. The number of nitrogens with zero attached hydrogens (tertiary/aromatic N) is 3. The molecule has 162 valence electrons. The molecule has 4 rings (SSSR count). The molecule has 0 spiro atoms. The number of rotatable bonds is 5. The quantitative estimate of drug-likeness (QED) is 0.682. The molecule has 1 aromatic heterocycles. The number of thioether (sulfide) groups is 1. The van der Waals surface area contributed by atoms with Crippen molar-refractivity contribution < 1.29 is 18.7 Å². The molecular weight excluding hydrogens is 421 g/mol. The van der Waals surface area contributed by atoms with Crippen molar-refractivity contribution in [3.8, 4) is 0 Å². The van der Waals surface area contributed by atoms with Crippen LogP contribution in [-0.2, 0) is 10.3 Å². The lowest BCUT2D eigenvalue weighted by Crippen LogP contribution is -2.37. The molecule has 2 atom stereocenters. The number of nitrogens with one attached hydrogen (secondary N) is 1. The van der Waals surface area contributed by atoms with Crippen LogP contribution in [0.15, 0.2) is 35.6 Å². The molecule has 1 amide bonds. The van der Waals surface area contributed by atoms with E-state index in [2.05, 4.69) is 20.3 Å². The van der Waals surface area contributed by atoms with Crippen LogP contribution in [0.25, 0.3) is 0 Å². The molecule has 0 radical (unpaired) electrons. The molecule has 1 fully saturated rings. The normalized spacial score (nSPS) is 22.4. The van der Waals surface area contributed by atoms with Crippen molar-refractivity contribution in [1.29, 1.82) is 0 Å². The fourth-order valence-corrected chi connectivity index (χ4v) is 5.19. The van der Waals surface area contributed by atoms with E-state index in [0.717, 1.165) is 18.6 Å². The fraction of sp³-hybridized carbons (Fsp3) is 0.381. The predicted octanol–water partition coefficient (Wildman–Crippen LogP) is 3.10. The number of halogens is 1. The summed E-state index contributed by atoms with van der Waals surface area (Å²) in [5.41, 5.74) is 6.29. The fourth-order valence-electron chi connectivity index (χ4n) is 4.15. The van der Waals surface area contributed by atoms with Crippen LogP contribution in [-0.4, -0.2) is 39.4 Å². The SMILES string of the molecule is CCOC(=O)c1cnc(C(=O)Nc2ccc(F)c([C@]34CCC[C@H]3CSC(N)=N4)c2)nc1. The minimum atomic E-state index is -0.696. The minimum Gasteiger partial charge on any atom is -0.462 e. The van der Waals surface area contributed by atoms with E-state index in [9.17, 15) is 14.0 Å². The van der Waals surface area contributed by atoms with Gasteiger partial charge >= 0.3 is 5.97 Å². The highest BCUT2D eigenvalue weighted by Gasteiger charge is 2.48. The van der Waals surface area contributed by atoms with Gasteiger partial charge in [-0.25, -0.2) is 19.2 Å². The number of hydrogen-bond donors (Lipinski definition) is 2. The van der Waals surface area contributed by atoms with Crippen molar-refractivity contribution in [2.24, 2.45) is 16.6 Å². The lowest BCUT2D eigenvalue weighted by atomic mass is 9.81. The maximum Gasteiger partial charge on any atom is 0.341 e. The predicted molar refractivity (Wildman–Crippen MR) is 115 cm³/mol. The Labute approximate surface area is 182 Å². The van der Waals surface area contributed by atoms with Crippen LogP contribution >= 0.6 is 11.8 Å². The van der Waals surface area contributed by atoms with Gasteiger partial charge in [0.25, 0.3) is 5.91 Å². The number of amidine groups is 1. The van der Waals surface area contributed by atoms with E-state index in [-0.39, 0.29) is 29.7 Å². The third-order valence-corrected chi connectivity index (χ3v) is 6.54. The molecule has 31 heavy (non-hydrogen) atoms. The average Bonchev–Trinajstić information content (AvgIpc) is 3.19. The molecule has 0 saturated heterocycles. The van der Waals surface area contributed by atoms with Gasteiger partial charge in [-0.2, -0.15) is 0 Å². The van der Waals surface area contributed by atoms with Crippen molar-refractivity contribution in [2.45, 2.75) is 31.7 Å². The number of fused-ring (bicyclic) bond motifs is 1. The number of amides is 1. The second kappa shape index (κ2) is 8.62. The van der Waals surface area contributed by atoms with Gasteiger partial charge in [-0.05, 0) is 43.9 Å². The average molecular weight is 444 g/mol. The van der Waals surface area contributed by atoms with Crippen LogP contribution in [0.1, 0.15) is 52.7 Å². The molecule has 2 heterocycles. The highest BCUT2D eigenvalue weighted by atomic mass is 32.2. The lowest BCUT2D eigenvalue weighted by Gasteiger charge is -2.36. The third kappa shape index (κ3) is 4.12. The minimum absolute atomic E-state index is 0.118. The summed E-state index contributed by atoms with van der Waals surface area (Å²) in [7, 11) is 0. The first kappa shape index (κ1) is 21.2. The Bertz CT molecular complexity index is 1050. The molecule has 3 N–H and O–H groups in total. The maximum absolute atomic E-state index is 14.9. The Morgan fingerprint density at radius 3 is 2.87 bits per heavy atom. The zero-order chi connectivity index (χ0) is 22.0. The van der Waals surface area contributed by atoms with Crippen molar-refractivity contribution in [3.05, 3.63) is 53.4 Å². The highest BCUT2D eigenvalue weighted by Crippen LogP contribution is 2.51. The number of aliphatic imine (C=N–C) groups is 1. The summed E-state index contributed by atoms with van der Waals surface area (Å²) in [6.45, 7) is 1.92. The summed E-state index contributed by atoms with van der Waals surface area (Å²) < 4.78 is 19.7. The molecule has 2 aromatic rings. The number of nitrogens with two attached hydrogens (primary N) is 1. The number of ether oxygens (including phenoxy) is 1. The monoisotopic (exact) mass is 443 g/mol. The van der Waals surface area contributed by atoms with Gasteiger partial charge in [-0.15, -0.1) is 0 Å². The molecule has 1 aliphatic heterocycles. The summed E-state index contributed by atoms with van der Waals surface area (Å²) in [5.74, 6) is -0.630. The number of carbonyl (C=O) groups excluding carboxylic acids is 2. The smallest absolute Gasteiger partial charge is 0.341 e. The third-order valence-electron chi connectivity index (χ3n) is 5.58. The molecule has 1 saturated carbocycles. The van der Waals surface area contributed by atoms with Gasteiger partial charge in [-0.1, -0.05) is 18.2 Å². The van der Waals surface area contributed by atoms with Gasteiger partial charge in [0.2, 0.25) is 5.82 Å². The number of esters is 1. The Balaban J connectivity index is 1.57. The number of anilines is 1. The van der Waals surface area contributed by atoms with Crippen molar-refractivity contribution in [3.63, 3.8) is 0 Å². The Morgan fingerprint density at radius 2 is 2.13 bits per heavy atom. The molecule has 1 aromatic carbocycles. The first-order valence-corrected chi connectivity index (χ1v) is 11.0. The molecule has 0 bridgehead atoms. The number of hydrogen-bond acceptors (Lipinski definition) is 8. The number of benzene rings is 1. The van der Waals surface area contributed by atoms with Crippen LogP contribution in [0, 0.1) is 11.7 Å². The summed E-state index contributed by atoms with van der Waals surface area (Å²) in [6, 6.07) is 4.42. The lowest BCUT2D eigenvalue weighted by molar-refractivity contribution is 0.0525. The zero-order valence-corrected chi connectivity index (χ0v) is 17.7. The first-order chi connectivity index (χ1) is 14.9. The van der Waals surface area contributed by atoms with Crippen molar-refractivity contribution in [1.82, 2.24) is 9.97 Å². The van der Waals surface area contributed by atoms with E-state index < -0.39 is 17.4 Å². The van der Waals surface area contributed by atoms with Gasteiger partial charge < -0.3 is 15.8 Å². The van der Waals surface area contributed by atoms with Gasteiger partial charge in [0.15, 0.2) is 5.17 Å². The molecule has 0 unspecified atom stereocenters. The molecular formula is C21H22FN5O3S. The number of carbonyl (C=O) groups is 2.